The van der Waals surface area contributed by atoms with E-state index < -0.39 is 0 Å². The number of hydrogen-bond acceptors (Lipinski definition) is 6. The highest BCUT2D eigenvalue weighted by atomic mass is 32.1. The Labute approximate surface area is 140 Å². The Bertz CT molecular complexity index is 854. The number of nitrogens with one attached hydrogen (secondary N) is 1. The number of fused-ring (bicyclic) bond motifs is 1. The molecule has 0 aliphatic rings. The minimum atomic E-state index is -0.350. The van der Waals surface area contributed by atoms with Crippen molar-refractivity contribution in [1.29, 1.82) is 0 Å². The van der Waals surface area contributed by atoms with Gasteiger partial charge >= 0.3 is 0 Å². The van der Waals surface area contributed by atoms with Gasteiger partial charge in [0.25, 0.3) is 0 Å². The maximum Gasteiger partial charge on any atom is 0.245 e. The van der Waals surface area contributed by atoms with E-state index >= 15 is 0 Å². The number of thiazole rings is 2. The van der Waals surface area contributed by atoms with Gasteiger partial charge in [-0.3, -0.25) is 4.79 Å². The van der Waals surface area contributed by atoms with Gasteiger partial charge in [0.15, 0.2) is 10.3 Å². The van der Waals surface area contributed by atoms with Crippen LogP contribution < -0.4 is 10.2 Å². The van der Waals surface area contributed by atoms with Crippen molar-refractivity contribution < 1.29 is 9.18 Å². The SMILES string of the molecule is Cc1nc(NC(=O)CN(C)c2nc3c(F)cccc3s2)sc1C. The van der Waals surface area contributed by atoms with E-state index in [0.717, 1.165) is 15.3 Å². The van der Waals surface area contributed by atoms with Crippen LogP contribution in [0.25, 0.3) is 10.2 Å². The van der Waals surface area contributed by atoms with Crippen molar-refractivity contribution in [2.45, 2.75) is 13.8 Å². The number of nitrogens with zero attached hydrogens (tertiary/aromatic N) is 3. The van der Waals surface area contributed by atoms with Crippen LogP contribution in [0.4, 0.5) is 14.7 Å². The van der Waals surface area contributed by atoms with Crippen LogP contribution in [0.2, 0.25) is 0 Å². The number of amides is 1. The van der Waals surface area contributed by atoms with Gasteiger partial charge in [-0.25, -0.2) is 14.4 Å². The summed E-state index contributed by atoms with van der Waals surface area (Å²) >= 11 is 2.80. The first-order valence-corrected chi connectivity index (χ1v) is 8.57. The normalized spacial score (nSPS) is 11.0. The summed E-state index contributed by atoms with van der Waals surface area (Å²) in [4.78, 5) is 23.4. The molecule has 1 aromatic carbocycles. The number of aromatic nitrogens is 2. The Morgan fingerprint density at radius 3 is 2.74 bits per heavy atom. The summed E-state index contributed by atoms with van der Waals surface area (Å²) in [5.74, 6) is -0.530. The van der Waals surface area contributed by atoms with Gasteiger partial charge < -0.3 is 10.2 Å². The first-order valence-electron chi connectivity index (χ1n) is 6.94. The summed E-state index contributed by atoms with van der Waals surface area (Å²) < 4.78 is 14.5. The second-order valence-electron chi connectivity index (χ2n) is 5.15. The third-order valence-electron chi connectivity index (χ3n) is 3.34. The highest BCUT2D eigenvalue weighted by Gasteiger charge is 2.15. The molecular weight excluding hydrogens is 335 g/mol. The molecule has 120 valence electrons. The summed E-state index contributed by atoms with van der Waals surface area (Å²) in [6.45, 7) is 3.99. The van der Waals surface area contributed by atoms with E-state index in [9.17, 15) is 9.18 Å². The highest BCUT2D eigenvalue weighted by molar-refractivity contribution is 7.22. The standard InChI is InChI=1S/C15H15FN4OS2/c1-8-9(2)22-14(17-8)18-12(21)7-20(3)15-19-13-10(16)5-4-6-11(13)23-15/h4-6H,7H2,1-3H3,(H,17,18,21). The monoisotopic (exact) mass is 350 g/mol. The van der Waals surface area contributed by atoms with Gasteiger partial charge in [0.1, 0.15) is 11.3 Å². The first-order chi connectivity index (χ1) is 10.9. The second-order valence-corrected chi connectivity index (χ2v) is 7.36. The van der Waals surface area contributed by atoms with Gasteiger partial charge in [-0.15, -0.1) is 11.3 Å². The van der Waals surface area contributed by atoms with Crippen molar-refractivity contribution in [2.24, 2.45) is 0 Å². The van der Waals surface area contributed by atoms with E-state index in [1.165, 1.54) is 28.7 Å². The zero-order valence-corrected chi connectivity index (χ0v) is 14.5. The van der Waals surface area contributed by atoms with Crippen LogP contribution in [-0.4, -0.2) is 29.5 Å². The predicted octanol–water partition coefficient (Wildman–Crippen LogP) is 3.58. The predicted molar refractivity (Wildman–Crippen MR) is 93.1 cm³/mol. The fourth-order valence-corrected chi connectivity index (χ4v) is 3.81. The molecule has 0 saturated heterocycles. The van der Waals surface area contributed by atoms with Crippen molar-refractivity contribution in [3.8, 4) is 0 Å². The molecule has 0 atom stereocenters. The summed E-state index contributed by atoms with van der Waals surface area (Å²) in [6, 6.07) is 4.85. The van der Waals surface area contributed by atoms with Crippen molar-refractivity contribution in [3.63, 3.8) is 0 Å². The number of carbonyl (C=O) groups is 1. The Hall–Kier alpha value is -2.06. The summed E-state index contributed by atoms with van der Waals surface area (Å²) in [7, 11) is 1.76. The number of hydrogen-bond donors (Lipinski definition) is 1. The molecule has 0 saturated carbocycles. The fourth-order valence-electron chi connectivity index (χ4n) is 2.03. The quantitative estimate of drug-likeness (QED) is 0.781. The zero-order chi connectivity index (χ0) is 16.6. The molecule has 2 aromatic heterocycles. The number of aryl methyl sites for hydroxylation is 2. The maximum atomic E-state index is 13.7. The minimum absolute atomic E-state index is 0.124. The van der Waals surface area contributed by atoms with Crippen LogP contribution >= 0.6 is 22.7 Å². The fraction of sp³-hybridized carbons (Fsp3) is 0.267. The Balaban J connectivity index is 1.71. The van der Waals surface area contributed by atoms with Gasteiger partial charge in [0, 0.05) is 11.9 Å². The molecule has 0 bridgehead atoms. The zero-order valence-electron chi connectivity index (χ0n) is 12.9. The summed E-state index contributed by atoms with van der Waals surface area (Å²) in [5, 5.41) is 3.97. The number of para-hydroxylation sites is 1. The molecule has 23 heavy (non-hydrogen) atoms. The van der Waals surface area contributed by atoms with Crippen LogP contribution in [-0.2, 0) is 4.79 Å². The third-order valence-corrected chi connectivity index (χ3v) is 5.46. The number of rotatable bonds is 4. The molecule has 1 N–H and O–H groups in total. The van der Waals surface area contributed by atoms with Crippen molar-refractivity contribution >= 4 is 49.1 Å². The lowest BCUT2D eigenvalue weighted by Crippen LogP contribution is -2.29. The van der Waals surface area contributed by atoms with Gasteiger partial charge in [-0.05, 0) is 26.0 Å². The topological polar surface area (TPSA) is 58.1 Å². The van der Waals surface area contributed by atoms with E-state index in [0.29, 0.717) is 15.8 Å². The molecule has 3 rings (SSSR count). The molecule has 0 spiro atoms. The molecule has 2 heterocycles. The van der Waals surface area contributed by atoms with Crippen LogP contribution in [0.5, 0.6) is 0 Å². The van der Waals surface area contributed by atoms with E-state index in [1.54, 1.807) is 18.0 Å². The Morgan fingerprint density at radius 2 is 2.09 bits per heavy atom. The molecule has 0 unspecified atom stereocenters. The van der Waals surface area contributed by atoms with Crippen molar-refractivity contribution in [1.82, 2.24) is 9.97 Å². The van der Waals surface area contributed by atoms with E-state index in [1.807, 2.05) is 19.9 Å². The molecule has 0 aliphatic heterocycles. The maximum absolute atomic E-state index is 13.7. The molecule has 5 nitrogen and oxygen atoms in total. The average Bonchev–Trinajstić information content (AvgIpc) is 3.04. The molecule has 1 amide bonds. The van der Waals surface area contributed by atoms with Gasteiger partial charge in [-0.2, -0.15) is 0 Å². The number of benzene rings is 1. The Morgan fingerprint density at radius 1 is 1.30 bits per heavy atom. The van der Waals surface area contributed by atoms with Gasteiger partial charge in [0.2, 0.25) is 5.91 Å². The molecular formula is C15H15FN4OS2. The molecule has 0 fully saturated rings. The van der Waals surface area contributed by atoms with E-state index in [2.05, 4.69) is 15.3 Å². The highest BCUT2D eigenvalue weighted by Crippen LogP contribution is 2.29. The largest absolute Gasteiger partial charge is 0.342 e. The number of likely N-dealkylation sites (N-methyl/N-ethyl adjacent to an activating group) is 1. The van der Waals surface area contributed by atoms with Gasteiger partial charge in [0.05, 0.1) is 16.9 Å². The van der Waals surface area contributed by atoms with Crippen molar-refractivity contribution in [3.05, 3.63) is 34.6 Å². The van der Waals surface area contributed by atoms with E-state index in [4.69, 9.17) is 0 Å². The second kappa shape index (κ2) is 6.21. The van der Waals surface area contributed by atoms with E-state index in [-0.39, 0.29) is 18.3 Å². The lowest BCUT2D eigenvalue weighted by Gasteiger charge is -2.14. The van der Waals surface area contributed by atoms with Crippen LogP contribution in [0.3, 0.4) is 0 Å². The molecule has 3 aromatic rings. The lowest BCUT2D eigenvalue weighted by atomic mass is 10.3. The minimum Gasteiger partial charge on any atom is -0.342 e. The summed E-state index contributed by atoms with van der Waals surface area (Å²) in [6.07, 6.45) is 0. The molecule has 0 radical (unpaired) electrons. The summed E-state index contributed by atoms with van der Waals surface area (Å²) in [5.41, 5.74) is 1.26. The third kappa shape index (κ3) is 3.32. The smallest absolute Gasteiger partial charge is 0.245 e. The van der Waals surface area contributed by atoms with Gasteiger partial charge in [-0.1, -0.05) is 17.4 Å². The molecule has 8 heteroatoms. The Kier molecular flexibility index (Phi) is 4.27. The van der Waals surface area contributed by atoms with Crippen LogP contribution in [0.15, 0.2) is 18.2 Å². The van der Waals surface area contributed by atoms with Crippen molar-refractivity contribution in [2.75, 3.05) is 23.8 Å². The lowest BCUT2D eigenvalue weighted by molar-refractivity contribution is -0.114. The number of anilines is 2. The van der Waals surface area contributed by atoms with Crippen LogP contribution in [0.1, 0.15) is 10.6 Å². The number of carbonyl (C=O) groups excluding carboxylic acids is 1. The van der Waals surface area contributed by atoms with Crippen LogP contribution in [0, 0.1) is 19.7 Å². The average molecular weight is 350 g/mol. The number of halogens is 1. The first kappa shape index (κ1) is 15.8. The molecule has 0 aliphatic carbocycles.